The van der Waals surface area contributed by atoms with Crippen molar-refractivity contribution < 1.29 is 8.42 Å². The number of benzene rings is 3. The van der Waals surface area contributed by atoms with Gasteiger partial charge in [-0.25, -0.2) is 13.4 Å². The van der Waals surface area contributed by atoms with E-state index in [-0.39, 0.29) is 21.6 Å². The molecule has 0 aliphatic carbocycles. The first-order chi connectivity index (χ1) is 16.5. The van der Waals surface area contributed by atoms with Gasteiger partial charge in [0.25, 0.3) is 0 Å². The van der Waals surface area contributed by atoms with Crippen molar-refractivity contribution in [2.24, 2.45) is 0 Å². The first-order valence-electron chi connectivity index (χ1n) is 11.3. The molecule has 0 radical (unpaired) electrons. The third kappa shape index (κ3) is 3.02. The zero-order chi connectivity index (χ0) is 23.4. The Morgan fingerprint density at radius 2 is 1.71 bits per heavy atom. The summed E-state index contributed by atoms with van der Waals surface area (Å²) < 4.78 is 28.7. The van der Waals surface area contributed by atoms with Gasteiger partial charge in [0, 0.05) is 17.1 Å². The summed E-state index contributed by atoms with van der Waals surface area (Å²) in [5.74, 6) is 0.709. The molecule has 1 aliphatic rings. The Morgan fingerprint density at radius 3 is 2.50 bits per heavy atom. The molecular formula is C26H23N5O2S. The van der Waals surface area contributed by atoms with Gasteiger partial charge in [-0.1, -0.05) is 54.6 Å². The van der Waals surface area contributed by atoms with Crippen molar-refractivity contribution in [3.8, 4) is 0 Å². The van der Waals surface area contributed by atoms with Crippen molar-refractivity contribution in [3.05, 3.63) is 83.9 Å². The zero-order valence-electron chi connectivity index (χ0n) is 18.9. The van der Waals surface area contributed by atoms with E-state index in [1.165, 1.54) is 10.1 Å². The van der Waals surface area contributed by atoms with Gasteiger partial charge in [0.2, 0.25) is 14.9 Å². The lowest BCUT2D eigenvalue weighted by molar-refractivity contribution is 0.592. The van der Waals surface area contributed by atoms with Crippen molar-refractivity contribution in [2.45, 2.75) is 42.7 Å². The Hall–Kier alpha value is -3.78. The smallest absolute Gasteiger partial charge is 0.229 e. The Bertz CT molecular complexity index is 1660. The zero-order valence-corrected chi connectivity index (χ0v) is 19.7. The molecule has 0 amide bonds. The number of fused-ring (bicyclic) bond motifs is 4. The Kier molecular flexibility index (Phi) is 4.67. The molecule has 0 bridgehead atoms. The maximum atomic E-state index is 13.6. The van der Waals surface area contributed by atoms with Crippen LogP contribution in [0.3, 0.4) is 0 Å². The van der Waals surface area contributed by atoms with Gasteiger partial charge < -0.3 is 4.90 Å². The van der Waals surface area contributed by atoms with E-state index in [0.29, 0.717) is 5.82 Å². The number of nitrogens with zero attached hydrogens (tertiary/aromatic N) is 5. The number of hydrogen-bond acceptors (Lipinski definition) is 6. The van der Waals surface area contributed by atoms with Crippen LogP contribution in [0.15, 0.2) is 82.7 Å². The van der Waals surface area contributed by atoms with E-state index in [4.69, 9.17) is 4.98 Å². The number of aromatic nitrogens is 4. The normalized spacial score (nSPS) is 15.8. The first-order valence-corrected chi connectivity index (χ1v) is 12.8. The second kappa shape index (κ2) is 7.63. The van der Waals surface area contributed by atoms with E-state index in [2.05, 4.69) is 34.3 Å². The molecule has 0 unspecified atom stereocenters. The van der Waals surface area contributed by atoms with Crippen molar-refractivity contribution in [1.82, 2.24) is 19.8 Å². The van der Waals surface area contributed by atoms with Crippen molar-refractivity contribution in [3.63, 3.8) is 0 Å². The lowest BCUT2D eigenvalue weighted by Crippen LogP contribution is -2.25. The molecule has 7 nitrogen and oxygen atoms in total. The van der Waals surface area contributed by atoms with E-state index in [9.17, 15) is 8.42 Å². The van der Waals surface area contributed by atoms with E-state index in [1.807, 2.05) is 55.5 Å². The quantitative estimate of drug-likeness (QED) is 0.378. The summed E-state index contributed by atoms with van der Waals surface area (Å²) in [6.07, 6.45) is 1.73. The summed E-state index contributed by atoms with van der Waals surface area (Å²) >= 11 is 0. The van der Waals surface area contributed by atoms with E-state index >= 15 is 0 Å². The topological polar surface area (TPSA) is 80.5 Å². The van der Waals surface area contributed by atoms with Crippen LogP contribution in [0.5, 0.6) is 0 Å². The largest absolute Gasteiger partial charge is 0.322 e. The van der Waals surface area contributed by atoms with Crippen LogP contribution in [0, 0.1) is 0 Å². The number of anilines is 2. The third-order valence-electron chi connectivity index (χ3n) is 6.53. The van der Waals surface area contributed by atoms with Crippen molar-refractivity contribution in [1.29, 1.82) is 0 Å². The van der Waals surface area contributed by atoms with Crippen molar-refractivity contribution in [2.75, 3.05) is 4.90 Å². The summed E-state index contributed by atoms with van der Waals surface area (Å²) in [4.78, 5) is 7.28. The summed E-state index contributed by atoms with van der Waals surface area (Å²) in [6, 6.07) is 23.1. The molecule has 0 spiro atoms. The SMILES string of the molecule is CCc1ccc(S(=O)(=O)c2nnn3c2nc(N2c4ccccc4C[C@@H]2C)c2ccccc23)cc1. The molecule has 3 aromatic carbocycles. The van der Waals surface area contributed by atoms with Gasteiger partial charge in [0.15, 0.2) is 5.65 Å². The molecule has 3 heterocycles. The maximum Gasteiger partial charge on any atom is 0.229 e. The number of para-hydroxylation sites is 2. The predicted molar refractivity (Wildman–Crippen MR) is 131 cm³/mol. The van der Waals surface area contributed by atoms with Crippen LogP contribution in [0.2, 0.25) is 0 Å². The monoisotopic (exact) mass is 469 g/mol. The van der Waals surface area contributed by atoms with Gasteiger partial charge in [0.1, 0.15) is 5.82 Å². The molecular weight excluding hydrogens is 446 g/mol. The highest BCUT2D eigenvalue weighted by Gasteiger charge is 2.32. The van der Waals surface area contributed by atoms with Gasteiger partial charge in [-0.2, -0.15) is 4.52 Å². The van der Waals surface area contributed by atoms with Crippen LogP contribution >= 0.6 is 0 Å². The highest BCUT2D eigenvalue weighted by Crippen LogP contribution is 2.40. The van der Waals surface area contributed by atoms with E-state index in [0.717, 1.165) is 35.0 Å². The molecule has 2 aromatic heterocycles. The number of sulfone groups is 1. The molecule has 0 saturated carbocycles. The molecule has 8 heteroatoms. The minimum atomic E-state index is -3.91. The van der Waals surface area contributed by atoms with Crippen molar-refractivity contribution >= 4 is 37.9 Å². The summed E-state index contributed by atoms with van der Waals surface area (Å²) in [5, 5.41) is 9.07. The van der Waals surface area contributed by atoms with Crippen LogP contribution in [0.4, 0.5) is 11.5 Å². The second-order valence-electron chi connectivity index (χ2n) is 8.64. The fraction of sp³-hybridized carbons (Fsp3) is 0.192. The molecule has 1 atom stereocenters. The van der Waals surface area contributed by atoms with E-state index in [1.54, 1.807) is 12.1 Å². The number of hydrogen-bond donors (Lipinski definition) is 0. The third-order valence-corrected chi connectivity index (χ3v) is 8.20. The van der Waals surface area contributed by atoms with Crippen LogP contribution in [-0.4, -0.2) is 34.3 Å². The van der Waals surface area contributed by atoms with Gasteiger partial charge in [-0.05, 0) is 61.2 Å². The summed E-state index contributed by atoms with van der Waals surface area (Å²) in [6.45, 7) is 4.19. The highest BCUT2D eigenvalue weighted by atomic mass is 32.2. The average Bonchev–Trinajstić information content (AvgIpc) is 3.44. The minimum absolute atomic E-state index is 0.135. The fourth-order valence-electron chi connectivity index (χ4n) is 4.79. The molecule has 1 aliphatic heterocycles. The van der Waals surface area contributed by atoms with Gasteiger partial charge in [-0.3, -0.25) is 0 Å². The first kappa shape index (κ1) is 20.8. The molecule has 5 aromatic rings. The minimum Gasteiger partial charge on any atom is -0.322 e. The molecule has 6 rings (SSSR count). The highest BCUT2D eigenvalue weighted by molar-refractivity contribution is 7.91. The van der Waals surface area contributed by atoms with Crippen LogP contribution in [-0.2, 0) is 22.7 Å². The number of aryl methyl sites for hydroxylation is 1. The van der Waals surface area contributed by atoms with Crippen LogP contribution in [0.25, 0.3) is 16.6 Å². The predicted octanol–water partition coefficient (Wildman–Crippen LogP) is 4.76. The molecule has 0 saturated heterocycles. The van der Waals surface area contributed by atoms with Gasteiger partial charge in [0.05, 0.1) is 10.4 Å². The van der Waals surface area contributed by atoms with E-state index < -0.39 is 9.84 Å². The molecule has 0 fully saturated rings. The number of rotatable bonds is 4. The van der Waals surface area contributed by atoms with Crippen LogP contribution < -0.4 is 4.90 Å². The summed E-state index contributed by atoms with van der Waals surface area (Å²) in [5.41, 5.74) is 4.39. The maximum absolute atomic E-state index is 13.6. The van der Waals surface area contributed by atoms with Gasteiger partial charge >= 0.3 is 0 Å². The lowest BCUT2D eigenvalue weighted by Gasteiger charge is -2.25. The standard InChI is InChI=1S/C26H23N5O2S/c1-3-18-12-14-20(15-13-18)34(32,33)26-25-27-24(21-9-5-7-11-23(21)31(25)29-28-26)30-17(2)16-19-8-4-6-10-22(19)30/h4-15,17H,3,16H2,1-2H3/t17-/m0/s1. The Morgan fingerprint density at radius 1 is 0.971 bits per heavy atom. The van der Waals surface area contributed by atoms with Crippen LogP contribution in [0.1, 0.15) is 25.0 Å². The summed E-state index contributed by atoms with van der Waals surface area (Å²) in [7, 11) is -3.91. The Balaban J connectivity index is 1.61. The molecule has 34 heavy (non-hydrogen) atoms. The Labute approximate surface area is 197 Å². The fourth-order valence-corrected chi connectivity index (χ4v) is 6.02. The molecule has 0 N–H and O–H groups in total. The second-order valence-corrected chi connectivity index (χ2v) is 10.5. The average molecular weight is 470 g/mol. The van der Waals surface area contributed by atoms with Gasteiger partial charge in [-0.15, -0.1) is 5.10 Å². The molecule has 170 valence electrons. The lowest BCUT2D eigenvalue weighted by atomic mass is 10.1.